The molecule has 0 saturated carbocycles. The fourth-order valence-corrected chi connectivity index (χ4v) is 4.25. The fourth-order valence-electron chi connectivity index (χ4n) is 4.25. The van der Waals surface area contributed by atoms with E-state index in [0.717, 1.165) is 57.9 Å². The number of methoxy groups -OCH3 is 3. The molecule has 4 rings (SSSR count). The van der Waals surface area contributed by atoms with Crippen LogP contribution in [0.3, 0.4) is 0 Å². The van der Waals surface area contributed by atoms with E-state index in [9.17, 15) is 0 Å². The topological polar surface area (TPSA) is 73.7 Å². The summed E-state index contributed by atoms with van der Waals surface area (Å²) in [5, 5.41) is 12.2. The molecule has 0 radical (unpaired) electrons. The van der Waals surface area contributed by atoms with Crippen molar-refractivity contribution in [1.82, 2.24) is 25.0 Å². The van der Waals surface area contributed by atoms with Gasteiger partial charge in [0.25, 0.3) is 0 Å². The molecule has 2 aliphatic rings. The molecule has 29 heavy (non-hydrogen) atoms. The molecule has 0 amide bonds. The van der Waals surface area contributed by atoms with Gasteiger partial charge in [0.2, 0.25) is 5.75 Å². The smallest absolute Gasteiger partial charge is 0.203 e. The summed E-state index contributed by atoms with van der Waals surface area (Å²) in [6.07, 6.45) is 2.21. The number of nitrogens with one attached hydrogen (secondary N) is 1. The van der Waals surface area contributed by atoms with Gasteiger partial charge in [-0.15, -0.1) is 22.6 Å². The summed E-state index contributed by atoms with van der Waals surface area (Å²) in [6.45, 7) is 5.75. The lowest BCUT2D eigenvalue weighted by atomic mass is 9.95. The van der Waals surface area contributed by atoms with Crippen molar-refractivity contribution in [2.45, 2.75) is 38.4 Å². The molecule has 8 nitrogen and oxygen atoms in total. The molecule has 2 aliphatic heterocycles. The van der Waals surface area contributed by atoms with E-state index >= 15 is 0 Å². The highest BCUT2D eigenvalue weighted by molar-refractivity contribution is 5.85. The maximum Gasteiger partial charge on any atom is 0.203 e. The van der Waals surface area contributed by atoms with Crippen LogP contribution in [-0.4, -0.2) is 60.6 Å². The predicted octanol–water partition coefficient (Wildman–Crippen LogP) is 2.21. The van der Waals surface area contributed by atoms with Crippen LogP contribution in [0, 0.1) is 0 Å². The van der Waals surface area contributed by atoms with Crippen LogP contribution < -0.4 is 19.5 Å². The average Bonchev–Trinajstić information content (AvgIpc) is 3.17. The monoisotopic (exact) mass is 423 g/mol. The number of piperidine rings is 1. The molecular formula is C20H30ClN5O3. The maximum atomic E-state index is 5.48. The first-order chi connectivity index (χ1) is 13.7. The van der Waals surface area contributed by atoms with Gasteiger partial charge >= 0.3 is 0 Å². The summed E-state index contributed by atoms with van der Waals surface area (Å²) in [4.78, 5) is 2.48. The van der Waals surface area contributed by atoms with Crippen molar-refractivity contribution < 1.29 is 14.2 Å². The van der Waals surface area contributed by atoms with E-state index in [1.54, 1.807) is 21.3 Å². The maximum absolute atomic E-state index is 5.48. The van der Waals surface area contributed by atoms with Gasteiger partial charge in [-0.25, -0.2) is 0 Å². The lowest BCUT2D eigenvalue weighted by Crippen LogP contribution is -2.34. The van der Waals surface area contributed by atoms with Crippen LogP contribution in [0.4, 0.5) is 0 Å². The summed E-state index contributed by atoms with van der Waals surface area (Å²) in [5.41, 5.74) is 1.17. The van der Waals surface area contributed by atoms with Crippen molar-refractivity contribution >= 4 is 12.4 Å². The van der Waals surface area contributed by atoms with E-state index in [2.05, 4.69) is 25.0 Å². The lowest BCUT2D eigenvalue weighted by Gasteiger charge is -2.32. The summed E-state index contributed by atoms with van der Waals surface area (Å²) in [6, 6.07) is 4.07. The quantitative estimate of drug-likeness (QED) is 0.763. The third-order valence-electron chi connectivity index (χ3n) is 5.73. The fraction of sp³-hybridized carbons (Fsp3) is 0.600. The molecule has 2 aromatic rings. The molecule has 9 heteroatoms. The molecule has 1 aromatic heterocycles. The Bertz CT molecular complexity index is 795. The van der Waals surface area contributed by atoms with E-state index < -0.39 is 0 Å². The number of rotatable bonds is 6. The van der Waals surface area contributed by atoms with Crippen molar-refractivity contribution in [2.75, 3.05) is 41.0 Å². The number of fused-ring (bicyclic) bond motifs is 1. The van der Waals surface area contributed by atoms with Crippen LogP contribution in [-0.2, 0) is 19.6 Å². The first-order valence-electron chi connectivity index (χ1n) is 9.87. The van der Waals surface area contributed by atoms with Crippen molar-refractivity contribution in [3.63, 3.8) is 0 Å². The first-order valence-corrected chi connectivity index (χ1v) is 9.87. The normalized spacial score (nSPS) is 17.3. The standard InChI is InChI=1S/C20H29N5O3.ClH/c1-26-16-10-14(11-17(27-2)19(16)28-3)13-24-7-4-15(5-8-24)20-23-22-18-12-21-6-9-25(18)20;/h10-11,15,21H,4-9,12-13H2,1-3H3;1H. The van der Waals surface area contributed by atoms with Crippen LogP contribution in [0.15, 0.2) is 12.1 Å². The molecule has 1 aromatic carbocycles. The summed E-state index contributed by atoms with van der Waals surface area (Å²) < 4.78 is 18.7. The van der Waals surface area contributed by atoms with Gasteiger partial charge in [0.15, 0.2) is 11.5 Å². The zero-order chi connectivity index (χ0) is 19.5. The van der Waals surface area contributed by atoms with Crippen LogP contribution >= 0.6 is 12.4 Å². The highest BCUT2D eigenvalue weighted by Crippen LogP contribution is 2.39. The van der Waals surface area contributed by atoms with E-state index in [0.29, 0.717) is 23.2 Å². The Hall–Kier alpha value is -2.03. The number of hydrogen-bond donors (Lipinski definition) is 1. The summed E-state index contributed by atoms with van der Waals surface area (Å²) >= 11 is 0. The predicted molar refractivity (Wildman–Crippen MR) is 112 cm³/mol. The molecule has 0 spiro atoms. The number of likely N-dealkylation sites (tertiary alicyclic amines) is 1. The Morgan fingerprint density at radius 2 is 1.69 bits per heavy atom. The second kappa shape index (κ2) is 9.65. The minimum Gasteiger partial charge on any atom is -0.493 e. The van der Waals surface area contributed by atoms with Gasteiger partial charge < -0.3 is 24.1 Å². The highest BCUT2D eigenvalue weighted by Gasteiger charge is 2.27. The van der Waals surface area contributed by atoms with Gasteiger partial charge in [-0.3, -0.25) is 4.90 Å². The number of nitrogens with zero attached hydrogens (tertiary/aromatic N) is 4. The molecule has 3 heterocycles. The summed E-state index contributed by atoms with van der Waals surface area (Å²) in [5.74, 6) is 4.78. The second-order valence-corrected chi connectivity index (χ2v) is 7.39. The summed E-state index contributed by atoms with van der Waals surface area (Å²) in [7, 11) is 4.94. The number of halogens is 1. The molecular weight excluding hydrogens is 394 g/mol. The van der Waals surface area contributed by atoms with Gasteiger partial charge in [-0.2, -0.15) is 0 Å². The molecule has 0 atom stereocenters. The van der Waals surface area contributed by atoms with E-state index in [4.69, 9.17) is 14.2 Å². The third-order valence-corrected chi connectivity index (χ3v) is 5.73. The van der Waals surface area contributed by atoms with Crippen LogP contribution in [0.1, 0.15) is 36.0 Å². The Labute approximate surface area is 177 Å². The molecule has 0 bridgehead atoms. The van der Waals surface area contributed by atoms with Gasteiger partial charge in [-0.1, -0.05) is 0 Å². The van der Waals surface area contributed by atoms with E-state index in [-0.39, 0.29) is 12.4 Å². The SMILES string of the molecule is COc1cc(CN2CCC(c3nnc4n3CCNC4)CC2)cc(OC)c1OC.Cl. The van der Waals surface area contributed by atoms with Crippen molar-refractivity contribution in [1.29, 1.82) is 0 Å². The van der Waals surface area contributed by atoms with Crippen molar-refractivity contribution in [3.05, 3.63) is 29.3 Å². The molecule has 160 valence electrons. The molecule has 0 unspecified atom stereocenters. The van der Waals surface area contributed by atoms with Gasteiger partial charge in [-0.05, 0) is 43.6 Å². The Morgan fingerprint density at radius 1 is 1.00 bits per heavy atom. The molecule has 0 aliphatic carbocycles. The zero-order valence-electron chi connectivity index (χ0n) is 17.3. The van der Waals surface area contributed by atoms with E-state index in [1.807, 2.05) is 12.1 Å². The molecule has 1 N–H and O–H groups in total. The lowest BCUT2D eigenvalue weighted by molar-refractivity contribution is 0.199. The Morgan fingerprint density at radius 3 is 2.31 bits per heavy atom. The van der Waals surface area contributed by atoms with Crippen molar-refractivity contribution in [3.8, 4) is 17.2 Å². The molecule has 1 saturated heterocycles. The van der Waals surface area contributed by atoms with Crippen LogP contribution in [0.5, 0.6) is 17.2 Å². The zero-order valence-corrected chi connectivity index (χ0v) is 18.1. The molecule has 1 fully saturated rings. The largest absolute Gasteiger partial charge is 0.493 e. The number of aromatic nitrogens is 3. The van der Waals surface area contributed by atoms with Crippen LogP contribution in [0.2, 0.25) is 0 Å². The second-order valence-electron chi connectivity index (χ2n) is 7.39. The Kier molecular flexibility index (Phi) is 7.21. The Balaban J connectivity index is 0.00000240. The number of benzene rings is 1. The highest BCUT2D eigenvalue weighted by atomic mass is 35.5. The minimum atomic E-state index is 0. The minimum absolute atomic E-state index is 0. The van der Waals surface area contributed by atoms with Crippen LogP contribution in [0.25, 0.3) is 0 Å². The van der Waals surface area contributed by atoms with Gasteiger partial charge in [0.1, 0.15) is 11.6 Å². The van der Waals surface area contributed by atoms with Gasteiger partial charge in [0.05, 0.1) is 27.9 Å². The van der Waals surface area contributed by atoms with Gasteiger partial charge in [0, 0.05) is 25.6 Å². The van der Waals surface area contributed by atoms with Crippen molar-refractivity contribution in [2.24, 2.45) is 0 Å². The first kappa shape index (κ1) is 21.7. The number of hydrogen-bond acceptors (Lipinski definition) is 7. The number of ether oxygens (including phenoxy) is 3. The average molecular weight is 424 g/mol. The van der Waals surface area contributed by atoms with E-state index in [1.165, 1.54) is 11.4 Å². The third kappa shape index (κ3) is 4.44.